The van der Waals surface area contributed by atoms with Crippen LogP contribution >= 0.6 is 0 Å². The normalized spacial score (nSPS) is 24.0. The minimum absolute atomic E-state index is 0.0946. The average molecular weight is 325 g/mol. The Labute approximate surface area is 137 Å². The second-order valence-electron chi connectivity index (χ2n) is 6.92. The molecule has 0 aromatic rings. The Bertz CT molecular complexity index is 476. The summed E-state index contributed by atoms with van der Waals surface area (Å²) in [6.45, 7) is 5.86. The number of methoxy groups -OCH3 is 1. The number of nitrogens with one attached hydrogen (secondary N) is 1. The minimum Gasteiger partial charge on any atom is -0.384 e. The molecular weight excluding hydrogens is 298 g/mol. The van der Waals surface area contributed by atoms with Crippen molar-refractivity contribution in [1.82, 2.24) is 15.1 Å². The van der Waals surface area contributed by atoms with Gasteiger partial charge in [0.2, 0.25) is 5.91 Å². The van der Waals surface area contributed by atoms with E-state index in [1.165, 1.54) is 4.90 Å². The second kappa shape index (κ2) is 7.29. The van der Waals surface area contributed by atoms with Crippen molar-refractivity contribution in [2.75, 3.05) is 33.4 Å². The molecule has 1 unspecified atom stereocenters. The number of amides is 4. The SMILES string of the molecule is COCC1CCCN(C(=O)CCCN2C(=O)NC(C)(C)C2=O)C1. The maximum absolute atomic E-state index is 12.3. The fourth-order valence-corrected chi connectivity index (χ4v) is 3.23. The number of urea groups is 1. The van der Waals surface area contributed by atoms with E-state index in [2.05, 4.69) is 5.32 Å². The van der Waals surface area contributed by atoms with Crippen molar-refractivity contribution in [3.05, 3.63) is 0 Å². The highest BCUT2D eigenvalue weighted by molar-refractivity contribution is 6.06. The van der Waals surface area contributed by atoms with E-state index in [1.807, 2.05) is 4.90 Å². The van der Waals surface area contributed by atoms with Crippen LogP contribution in [0.3, 0.4) is 0 Å². The van der Waals surface area contributed by atoms with Gasteiger partial charge in [0.25, 0.3) is 5.91 Å². The molecule has 0 saturated carbocycles. The summed E-state index contributed by atoms with van der Waals surface area (Å²) >= 11 is 0. The molecule has 7 nitrogen and oxygen atoms in total. The Kier molecular flexibility index (Phi) is 5.62. The topological polar surface area (TPSA) is 79.0 Å². The van der Waals surface area contributed by atoms with E-state index in [1.54, 1.807) is 21.0 Å². The van der Waals surface area contributed by atoms with Crippen LogP contribution in [0, 0.1) is 5.92 Å². The van der Waals surface area contributed by atoms with Gasteiger partial charge in [-0.05, 0) is 39.0 Å². The van der Waals surface area contributed by atoms with Gasteiger partial charge >= 0.3 is 6.03 Å². The predicted molar refractivity (Wildman–Crippen MR) is 84.7 cm³/mol. The van der Waals surface area contributed by atoms with Crippen LogP contribution in [0.5, 0.6) is 0 Å². The van der Waals surface area contributed by atoms with Crippen molar-refractivity contribution in [3.8, 4) is 0 Å². The minimum atomic E-state index is -0.846. The van der Waals surface area contributed by atoms with Crippen molar-refractivity contribution in [3.63, 3.8) is 0 Å². The van der Waals surface area contributed by atoms with Gasteiger partial charge < -0.3 is 15.0 Å². The summed E-state index contributed by atoms with van der Waals surface area (Å²) in [6, 6.07) is -0.370. The summed E-state index contributed by atoms with van der Waals surface area (Å²) in [7, 11) is 1.68. The van der Waals surface area contributed by atoms with Gasteiger partial charge in [-0.15, -0.1) is 0 Å². The van der Waals surface area contributed by atoms with Gasteiger partial charge in [0.1, 0.15) is 5.54 Å². The molecule has 0 spiro atoms. The van der Waals surface area contributed by atoms with Crippen LogP contribution in [0.15, 0.2) is 0 Å². The number of carbonyl (C=O) groups is 3. The third kappa shape index (κ3) is 4.22. The summed E-state index contributed by atoms with van der Waals surface area (Å²) in [5.74, 6) is 0.273. The van der Waals surface area contributed by atoms with Crippen molar-refractivity contribution >= 4 is 17.8 Å². The lowest BCUT2D eigenvalue weighted by Crippen LogP contribution is -2.42. The maximum Gasteiger partial charge on any atom is 0.325 e. The quantitative estimate of drug-likeness (QED) is 0.739. The van der Waals surface area contributed by atoms with Gasteiger partial charge in [-0.1, -0.05) is 0 Å². The summed E-state index contributed by atoms with van der Waals surface area (Å²) in [5, 5.41) is 2.64. The summed E-state index contributed by atoms with van der Waals surface area (Å²) in [5.41, 5.74) is -0.846. The highest BCUT2D eigenvalue weighted by Crippen LogP contribution is 2.19. The van der Waals surface area contributed by atoms with Gasteiger partial charge in [0.05, 0.1) is 6.61 Å². The molecule has 2 rings (SSSR count). The fraction of sp³-hybridized carbons (Fsp3) is 0.812. The Morgan fingerprint density at radius 3 is 2.74 bits per heavy atom. The molecule has 23 heavy (non-hydrogen) atoms. The Balaban J connectivity index is 1.77. The van der Waals surface area contributed by atoms with Crippen molar-refractivity contribution < 1.29 is 19.1 Å². The van der Waals surface area contributed by atoms with Gasteiger partial charge in [-0.2, -0.15) is 0 Å². The summed E-state index contributed by atoms with van der Waals surface area (Å²) in [6.07, 6.45) is 2.95. The van der Waals surface area contributed by atoms with Gasteiger partial charge in [-0.25, -0.2) is 4.79 Å². The van der Waals surface area contributed by atoms with Crippen LogP contribution in [0.1, 0.15) is 39.5 Å². The number of rotatable bonds is 6. The second-order valence-corrected chi connectivity index (χ2v) is 6.92. The fourth-order valence-electron chi connectivity index (χ4n) is 3.23. The Hall–Kier alpha value is -1.63. The molecule has 0 radical (unpaired) electrons. The molecule has 1 N–H and O–H groups in total. The van der Waals surface area contributed by atoms with Gasteiger partial charge in [-0.3, -0.25) is 14.5 Å². The highest BCUT2D eigenvalue weighted by atomic mass is 16.5. The van der Waals surface area contributed by atoms with E-state index in [0.29, 0.717) is 25.4 Å². The largest absolute Gasteiger partial charge is 0.384 e. The number of likely N-dealkylation sites (tertiary alicyclic amines) is 1. The van der Waals surface area contributed by atoms with E-state index in [0.717, 1.165) is 25.9 Å². The molecule has 2 heterocycles. The third-order valence-corrected chi connectivity index (χ3v) is 4.49. The smallest absolute Gasteiger partial charge is 0.325 e. The molecule has 2 aliphatic rings. The lowest BCUT2D eigenvalue weighted by atomic mass is 9.98. The van der Waals surface area contributed by atoms with Crippen LogP contribution in [0.25, 0.3) is 0 Å². The average Bonchev–Trinajstić information content (AvgIpc) is 2.69. The zero-order chi connectivity index (χ0) is 17.0. The van der Waals surface area contributed by atoms with E-state index >= 15 is 0 Å². The first-order valence-electron chi connectivity index (χ1n) is 8.26. The Morgan fingerprint density at radius 1 is 1.39 bits per heavy atom. The van der Waals surface area contributed by atoms with Gasteiger partial charge in [0, 0.05) is 33.2 Å². The standard InChI is InChI=1S/C16H27N3O4/c1-16(2)14(21)19(15(22)17-16)9-5-7-13(20)18-8-4-6-12(10-18)11-23-3/h12H,4-11H2,1-3H3,(H,17,22). The lowest BCUT2D eigenvalue weighted by molar-refractivity contribution is -0.134. The monoisotopic (exact) mass is 325 g/mol. The highest BCUT2D eigenvalue weighted by Gasteiger charge is 2.43. The number of ether oxygens (including phenoxy) is 1. The molecule has 2 aliphatic heterocycles. The number of imide groups is 1. The number of piperidine rings is 1. The van der Waals surface area contributed by atoms with Crippen LogP contribution in [-0.2, 0) is 14.3 Å². The Morgan fingerprint density at radius 2 is 2.13 bits per heavy atom. The molecular formula is C16H27N3O4. The molecule has 0 aliphatic carbocycles. The molecule has 0 aromatic carbocycles. The molecule has 2 saturated heterocycles. The van der Waals surface area contributed by atoms with Gasteiger partial charge in [0.15, 0.2) is 0 Å². The molecule has 2 fully saturated rings. The maximum atomic E-state index is 12.3. The zero-order valence-electron chi connectivity index (χ0n) is 14.3. The van der Waals surface area contributed by atoms with Crippen molar-refractivity contribution in [1.29, 1.82) is 0 Å². The first-order chi connectivity index (χ1) is 10.8. The first kappa shape index (κ1) is 17.7. The van der Waals surface area contributed by atoms with E-state index in [9.17, 15) is 14.4 Å². The molecule has 1 atom stereocenters. The number of nitrogens with zero attached hydrogens (tertiary/aromatic N) is 2. The molecule has 0 bridgehead atoms. The molecule has 7 heteroatoms. The third-order valence-electron chi connectivity index (χ3n) is 4.49. The van der Waals surface area contributed by atoms with Crippen LogP contribution in [0.4, 0.5) is 4.79 Å². The number of hydrogen-bond donors (Lipinski definition) is 1. The van der Waals surface area contributed by atoms with Crippen LogP contribution < -0.4 is 5.32 Å². The van der Waals surface area contributed by atoms with E-state index in [-0.39, 0.29) is 24.4 Å². The number of carbonyl (C=O) groups excluding carboxylic acids is 3. The number of hydrogen-bond acceptors (Lipinski definition) is 4. The summed E-state index contributed by atoms with van der Waals surface area (Å²) < 4.78 is 5.17. The summed E-state index contributed by atoms with van der Waals surface area (Å²) in [4.78, 5) is 39.2. The van der Waals surface area contributed by atoms with Crippen molar-refractivity contribution in [2.24, 2.45) is 5.92 Å². The zero-order valence-corrected chi connectivity index (χ0v) is 14.3. The van der Waals surface area contributed by atoms with E-state index < -0.39 is 5.54 Å². The lowest BCUT2D eigenvalue weighted by Gasteiger charge is -2.32. The predicted octanol–water partition coefficient (Wildman–Crippen LogP) is 0.982. The van der Waals surface area contributed by atoms with Crippen molar-refractivity contribution in [2.45, 2.75) is 45.1 Å². The molecule has 130 valence electrons. The molecule has 0 aromatic heterocycles. The molecule has 4 amide bonds. The van der Waals surface area contributed by atoms with E-state index in [4.69, 9.17) is 4.74 Å². The first-order valence-corrected chi connectivity index (χ1v) is 8.26. The van der Waals surface area contributed by atoms with Crippen LogP contribution in [0.2, 0.25) is 0 Å². The van der Waals surface area contributed by atoms with Crippen LogP contribution in [-0.4, -0.2) is 66.5 Å².